The number of nitrogens with zero attached hydrogens (tertiary/aromatic N) is 2. The average molecular weight is 343 g/mol. The fourth-order valence-corrected chi connectivity index (χ4v) is 2.40. The molecule has 0 saturated carbocycles. The van der Waals surface area contributed by atoms with Crippen LogP contribution in [0.4, 0.5) is 11.4 Å². The number of carbonyl (C=O) groups excluding carboxylic acids is 1. The summed E-state index contributed by atoms with van der Waals surface area (Å²) < 4.78 is 0. The molecule has 25 heavy (non-hydrogen) atoms. The van der Waals surface area contributed by atoms with E-state index in [4.69, 9.17) is 0 Å². The number of nitro benzene ring substituents is 2. The van der Waals surface area contributed by atoms with Crippen molar-refractivity contribution < 1.29 is 14.6 Å². The van der Waals surface area contributed by atoms with E-state index in [0.717, 1.165) is 29.3 Å². The largest absolute Gasteiger partial charge is 0.345 e. The van der Waals surface area contributed by atoms with Crippen LogP contribution >= 0.6 is 0 Å². The van der Waals surface area contributed by atoms with Gasteiger partial charge in [-0.1, -0.05) is 36.8 Å². The second-order valence-electron chi connectivity index (χ2n) is 5.60. The molecule has 0 spiro atoms. The van der Waals surface area contributed by atoms with Crippen LogP contribution in [0.5, 0.6) is 0 Å². The van der Waals surface area contributed by atoms with Crippen LogP contribution in [0.2, 0.25) is 0 Å². The lowest BCUT2D eigenvalue weighted by molar-refractivity contribution is -0.394. The minimum absolute atomic E-state index is 0.119. The molecule has 2 rings (SSSR count). The van der Waals surface area contributed by atoms with Crippen molar-refractivity contribution >= 4 is 17.3 Å². The van der Waals surface area contributed by atoms with Gasteiger partial charge in [0.15, 0.2) is 0 Å². The first-order chi connectivity index (χ1) is 11.8. The normalized spacial score (nSPS) is 11.6. The fraction of sp³-hybridized carbons (Fsp3) is 0.235. The molecular weight excluding hydrogens is 326 g/mol. The van der Waals surface area contributed by atoms with E-state index < -0.39 is 27.1 Å². The highest BCUT2D eigenvalue weighted by Gasteiger charge is 2.21. The van der Waals surface area contributed by atoms with Gasteiger partial charge in [-0.05, 0) is 18.9 Å². The van der Waals surface area contributed by atoms with Crippen molar-refractivity contribution in [3.8, 4) is 0 Å². The van der Waals surface area contributed by atoms with Crippen molar-refractivity contribution in [2.45, 2.75) is 26.3 Å². The number of amides is 1. The Hall–Kier alpha value is -3.29. The number of benzene rings is 2. The number of rotatable bonds is 6. The van der Waals surface area contributed by atoms with E-state index in [0.29, 0.717) is 6.42 Å². The summed E-state index contributed by atoms with van der Waals surface area (Å²) in [5.41, 5.74) is 0.859. The third kappa shape index (κ3) is 4.37. The third-order valence-corrected chi connectivity index (χ3v) is 3.78. The second-order valence-corrected chi connectivity index (χ2v) is 5.60. The minimum Gasteiger partial charge on any atom is -0.345 e. The lowest BCUT2D eigenvalue weighted by Crippen LogP contribution is -2.28. The molecule has 0 fully saturated rings. The fourth-order valence-electron chi connectivity index (χ4n) is 2.40. The highest BCUT2D eigenvalue weighted by molar-refractivity contribution is 5.95. The van der Waals surface area contributed by atoms with Gasteiger partial charge in [0.2, 0.25) is 0 Å². The van der Waals surface area contributed by atoms with E-state index >= 15 is 0 Å². The number of aryl methyl sites for hydroxylation is 1. The van der Waals surface area contributed by atoms with Crippen LogP contribution in [0, 0.1) is 27.2 Å². The van der Waals surface area contributed by atoms with Crippen LogP contribution in [-0.2, 0) is 0 Å². The summed E-state index contributed by atoms with van der Waals surface area (Å²) in [6.45, 7) is 3.84. The Morgan fingerprint density at radius 1 is 1.04 bits per heavy atom. The molecule has 2 aromatic carbocycles. The van der Waals surface area contributed by atoms with Crippen LogP contribution in [-0.4, -0.2) is 15.8 Å². The molecule has 8 heteroatoms. The molecular formula is C17H17N3O5. The van der Waals surface area contributed by atoms with Crippen molar-refractivity contribution in [2.75, 3.05) is 0 Å². The van der Waals surface area contributed by atoms with Crippen molar-refractivity contribution in [1.29, 1.82) is 0 Å². The van der Waals surface area contributed by atoms with Gasteiger partial charge in [0.05, 0.1) is 27.5 Å². The van der Waals surface area contributed by atoms with Gasteiger partial charge in [0.1, 0.15) is 0 Å². The summed E-state index contributed by atoms with van der Waals surface area (Å²) in [5, 5.41) is 24.6. The highest BCUT2D eigenvalue weighted by atomic mass is 16.6. The van der Waals surface area contributed by atoms with Crippen LogP contribution in [0.1, 0.15) is 40.9 Å². The summed E-state index contributed by atoms with van der Waals surface area (Å²) in [5.74, 6) is -0.598. The molecule has 0 aliphatic carbocycles. The Labute approximate surface area is 143 Å². The Balaban J connectivity index is 2.31. The number of nitro groups is 2. The number of hydrogen-bond donors (Lipinski definition) is 1. The lowest BCUT2D eigenvalue weighted by atomic mass is 10.0. The Kier molecular flexibility index (Phi) is 5.43. The van der Waals surface area contributed by atoms with Crippen molar-refractivity contribution in [3.05, 3.63) is 79.4 Å². The standard InChI is InChI=1S/C17H17N3O5/c1-3-16(12-6-4-11(2)5-7-12)18-17(21)13-8-14(19(22)23)10-15(9-13)20(24)25/h4-10,16H,3H2,1-2H3,(H,18,21)/t16-/m0/s1. The molecule has 1 amide bonds. The number of hydrogen-bond acceptors (Lipinski definition) is 5. The first-order valence-electron chi connectivity index (χ1n) is 7.63. The topological polar surface area (TPSA) is 115 Å². The third-order valence-electron chi connectivity index (χ3n) is 3.78. The highest BCUT2D eigenvalue weighted by Crippen LogP contribution is 2.24. The van der Waals surface area contributed by atoms with E-state index in [2.05, 4.69) is 5.32 Å². The van der Waals surface area contributed by atoms with E-state index in [9.17, 15) is 25.0 Å². The minimum atomic E-state index is -0.763. The summed E-state index contributed by atoms with van der Waals surface area (Å²) in [6.07, 6.45) is 0.603. The molecule has 2 aromatic rings. The Morgan fingerprint density at radius 3 is 2.00 bits per heavy atom. The quantitative estimate of drug-likeness (QED) is 0.634. The molecule has 1 atom stereocenters. The van der Waals surface area contributed by atoms with Gasteiger partial charge in [0, 0.05) is 12.1 Å². The number of nitrogens with one attached hydrogen (secondary N) is 1. The molecule has 0 aromatic heterocycles. The maximum Gasteiger partial charge on any atom is 0.277 e. The van der Waals surface area contributed by atoms with Crippen LogP contribution < -0.4 is 5.32 Å². The molecule has 0 aliphatic rings. The van der Waals surface area contributed by atoms with Gasteiger partial charge in [-0.15, -0.1) is 0 Å². The summed E-state index contributed by atoms with van der Waals surface area (Å²) in [4.78, 5) is 32.8. The van der Waals surface area contributed by atoms with E-state index in [1.54, 1.807) is 0 Å². The van der Waals surface area contributed by atoms with Gasteiger partial charge in [-0.2, -0.15) is 0 Å². The van der Waals surface area contributed by atoms with Gasteiger partial charge >= 0.3 is 0 Å². The smallest absolute Gasteiger partial charge is 0.277 e. The lowest BCUT2D eigenvalue weighted by Gasteiger charge is -2.17. The molecule has 0 unspecified atom stereocenters. The zero-order chi connectivity index (χ0) is 18.6. The van der Waals surface area contributed by atoms with Crippen LogP contribution in [0.25, 0.3) is 0 Å². The van der Waals surface area contributed by atoms with Gasteiger partial charge in [-0.25, -0.2) is 0 Å². The van der Waals surface area contributed by atoms with Crippen molar-refractivity contribution in [3.63, 3.8) is 0 Å². The van der Waals surface area contributed by atoms with Gasteiger partial charge in [-0.3, -0.25) is 25.0 Å². The first-order valence-corrected chi connectivity index (χ1v) is 7.63. The zero-order valence-electron chi connectivity index (χ0n) is 13.8. The molecule has 130 valence electrons. The number of carbonyl (C=O) groups is 1. The maximum atomic E-state index is 12.4. The molecule has 8 nitrogen and oxygen atoms in total. The van der Waals surface area contributed by atoms with Crippen LogP contribution in [0.3, 0.4) is 0 Å². The van der Waals surface area contributed by atoms with E-state index in [1.165, 1.54) is 0 Å². The average Bonchev–Trinajstić information content (AvgIpc) is 2.59. The predicted octanol–water partition coefficient (Wildman–Crippen LogP) is 3.69. The van der Waals surface area contributed by atoms with Gasteiger partial charge < -0.3 is 5.32 Å². The summed E-state index contributed by atoms with van der Waals surface area (Å²) in [7, 11) is 0. The summed E-state index contributed by atoms with van der Waals surface area (Å²) >= 11 is 0. The Bertz CT molecular complexity index is 785. The zero-order valence-corrected chi connectivity index (χ0v) is 13.8. The van der Waals surface area contributed by atoms with Crippen molar-refractivity contribution in [2.24, 2.45) is 0 Å². The second kappa shape index (κ2) is 7.52. The monoisotopic (exact) mass is 343 g/mol. The molecule has 0 aliphatic heterocycles. The first kappa shape index (κ1) is 18.1. The maximum absolute atomic E-state index is 12.4. The number of non-ortho nitro benzene ring substituents is 2. The van der Waals surface area contributed by atoms with E-state index in [-0.39, 0.29) is 11.6 Å². The van der Waals surface area contributed by atoms with Crippen LogP contribution in [0.15, 0.2) is 42.5 Å². The molecule has 0 saturated heterocycles. The van der Waals surface area contributed by atoms with Crippen molar-refractivity contribution in [1.82, 2.24) is 5.32 Å². The molecule has 0 bridgehead atoms. The van der Waals surface area contributed by atoms with Gasteiger partial charge in [0.25, 0.3) is 17.3 Å². The molecule has 0 radical (unpaired) electrons. The summed E-state index contributed by atoms with van der Waals surface area (Å²) in [6, 6.07) is 10.2. The SMILES string of the molecule is CC[C@H](NC(=O)c1cc([N+](=O)[O-])cc([N+](=O)[O-])c1)c1ccc(C)cc1. The predicted molar refractivity (Wildman–Crippen MR) is 91.4 cm³/mol. The molecule has 0 heterocycles. The molecule has 1 N–H and O–H groups in total. The Morgan fingerprint density at radius 2 is 1.56 bits per heavy atom. The van der Waals surface area contributed by atoms with E-state index in [1.807, 2.05) is 38.1 Å².